The van der Waals surface area contributed by atoms with Gasteiger partial charge in [0.2, 0.25) is 0 Å². The van der Waals surface area contributed by atoms with Crippen molar-refractivity contribution in [1.82, 2.24) is 0 Å². The lowest BCUT2D eigenvalue weighted by atomic mass is 9.81. The van der Waals surface area contributed by atoms with E-state index in [2.05, 4.69) is 304 Å². The molecule has 0 atom stereocenters. The van der Waals surface area contributed by atoms with Crippen LogP contribution in [0.25, 0.3) is 121 Å². The standard InChI is InChI=1S/C82H56N2O2/c1-81(2)67-31-15-11-25-53(67)65-45-49(37-43-69(65)81)63-47-73(83(51-21-7-5-8-22-51)71-33-19-29-59-55-27-13-17-35-75(55)85-79(59)71)61-42-40-58-64(50-38-44-70-66(46-50)54-26-12-16-32-68(54)82(70,3)4)48-74(62-41-39-57(63)77(61)78(58)62)84(52-23-9-6-10-24-52)72-34-20-30-60-56-28-14-18-36-76(56)86-80(60)72/h5-48H,1-4H3. The van der Waals surface area contributed by atoms with Crippen molar-refractivity contribution in [1.29, 1.82) is 0 Å². The molecule has 2 aromatic heterocycles. The SMILES string of the molecule is CC1(C)c2ccccc2-c2cc(-c3cc(N(c4ccccc4)c4cccc5c4oc4ccccc45)c4ccc5c(-c6ccc7c(c6)-c6ccccc6C7(C)C)cc(N(c6ccccc6)c6cccc7c6oc6ccccc67)c6ccc3c4c56)ccc21. The fraction of sp³-hybridized carbons (Fsp3) is 0.0732. The third-order valence-electron chi connectivity index (χ3n) is 19.4. The van der Waals surface area contributed by atoms with Gasteiger partial charge in [-0.05, 0) is 150 Å². The lowest BCUT2D eigenvalue weighted by molar-refractivity contribution is 0.660. The normalized spacial score (nSPS) is 13.8. The number of hydrogen-bond acceptors (Lipinski definition) is 4. The summed E-state index contributed by atoms with van der Waals surface area (Å²) in [5.74, 6) is 0. The predicted molar refractivity (Wildman–Crippen MR) is 360 cm³/mol. The summed E-state index contributed by atoms with van der Waals surface area (Å²) in [5, 5.41) is 11.3. The van der Waals surface area contributed by atoms with Gasteiger partial charge in [-0.15, -0.1) is 0 Å². The molecule has 86 heavy (non-hydrogen) atoms. The monoisotopic (exact) mass is 1100 g/mol. The molecule has 0 amide bonds. The third-order valence-corrected chi connectivity index (χ3v) is 19.4. The van der Waals surface area contributed by atoms with Crippen LogP contribution in [0, 0.1) is 0 Å². The average Bonchev–Trinajstić information content (AvgIpc) is 0.997. The second-order valence-corrected chi connectivity index (χ2v) is 24.7. The van der Waals surface area contributed by atoms with E-state index in [1.165, 1.54) is 66.1 Å². The van der Waals surface area contributed by atoms with Crippen LogP contribution in [-0.2, 0) is 10.8 Å². The van der Waals surface area contributed by atoms with Crippen LogP contribution in [-0.4, -0.2) is 0 Å². The van der Waals surface area contributed by atoms with E-state index in [0.717, 1.165) is 111 Å². The van der Waals surface area contributed by atoms with E-state index in [0.29, 0.717) is 0 Å². The summed E-state index contributed by atoms with van der Waals surface area (Å²) in [6, 6.07) is 98.7. The zero-order valence-electron chi connectivity index (χ0n) is 48.1. The molecule has 18 rings (SSSR count). The second-order valence-electron chi connectivity index (χ2n) is 24.7. The van der Waals surface area contributed by atoms with E-state index in [9.17, 15) is 0 Å². The Kier molecular flexibility index (Phi) is 10.2. The quantitative estimate of drug-likeness (QED) is 0.142. The van der Waals surface area contributed by atoms with Crippen LogP contribution in [0.5, 0.6) is 0 Å². The molecule has 0 saturated heterocycles. The predicted octanol–water partition coefficient (Wildman–Crippen LogP) is 23.3. The highest BCUT2D eigenvalue weighted by Gasteiger charge is 2.38. The maximum absolute atomic E-state index is 7.00. The third kappa shape index (κ3) is 6.81. The van der Waals surface area contributed by atoms with Gasteiger partial charge in [0.05, 0.1) is 22.7 Å². The van der Waals surface area contributed by atoms with Crippen molar-refractivity contribution in [3.8, 4) is 44.5 Å². The van der Waals surface area contributed by atoms with Crippen LogP contribution in [0.1, 0.15) is 49.9 Å². The summed E-state index contributed by atoms with van der Waals surface area (Å²) in [7, 11) is 0. The fourth-order valence-electron chi connectivity index (χ4n) is 15.4. The number of anilines is 6. The first-order chi connectivity index (χ1) is 42.2. The smallest absolute Gasteiger partial charge is 0.159 e. The Bertz CT molecular complexity index is 5150. The molecule has 2 aliphatic rings. The first-order valence-corrected chi connectivity index (χ1v) is 30.0. The Balaban J connectivity index is 1.00. The fourth-order valence-corrected chi connectivity index (χ4v) is 15.4. The van der Waals surface area contributed by atoms with Gasteiger partial charge in [0.15, 0.2) is 11.2 Å². The number of fused-ring (bicyclic) bond motifs is 12. The molecule has 0 bridgehead atoms. The van der Waals surface area contributed by atoms with Crippen molar-refractivity contribution in [2.75, 3.05) is 9.80 Å². The lowest BCUT2D eigenvalue weighted by Gasteiger charge is -2.31. The summed E-state index contributed by atoms with van der Waals surface area (Å²) in [4.78, 5) is 4.90. The Hall–Kier alpha value is -10.7. The van der Waals surface area contributed by atoms with Gasteiger partial charge in [-0.1, -0.05) is 222 Å². The molecule has 16 aromatic rings. The number of para-hydroxylation sites is 6. The summed E-state index contributed by atoms with van der Waals surface area (Å²) in [6.45, 7) is 9.47. The van der Waals surface area contributed by atoms with E-state index in [4.69, 9.17) is 8.83 Å². The van der Waals surface area contributed by atoms with Crippen molar-refractivity contribution in [2.45, 2.75) is 38.5 Å². The average molecular weight is 1100 g/mol. The number of hydrogen-bond donors (Lipinski definition) is 0. The highest BCUT2D eigenvalue weighted by Crippen LogP contribution is 2.57. The van der Waals surface area contributed by atoms with Crippen LogP contribution in [0.2, 0.25) is 0 Å². The number of nitrogens with zero attached hydrogens (tertiary/aromatic N) is 2. The highest BCUT2D eigenvalue weighted by atomic mass is 16.3. The van der Waals surface area contributed by atoms with E-state index >= 15 is 0 Å². The molecule has 0 N–H and O–H groups in total. The molecule has 2 aliphatic carbocycles. The molecule has 4 heteroatoms. The highest BCUT2D eigenvalue weighted by molar-refractivity contribution is 6.33. The maximum Gasteiger partial charge on any atom is 0.159 e. The molecule has 0 unspecified atom stereocenters. The Morgan fingerprint density at radius 1 is 0.256 bits per heavy atom. The van der Waals surface area contributed by atoms with Crippen molar-refractivity contribution in [3.05, 3.63) is 289 Å². The Morgan fingerprint density at radius 2 is 0.628 bits per heavy atom. The van der Waals surface area contributed by atoms with Crippen molar-refractivity contribution < 1.29 is 8.83 Å². The van der Waals surface area contributed by atoms with Gasteiger partial charge >= 0.3 is 0 Å². The summed E-state index contributed by atoms with van der Waals surface area (Å²) >= 11 is 0. The molecule has 4 nitrogen and oxygen atoms in total. The van der Waals surface area contributed by atoms with Crippen molar-refractivity contribution in [2.24, 2.45) is 0 Å². The molecule has 2 heterocycles. The second kappa shape index (κ2) is 17.9. The van der Waals surface area contributed by atoms with Gasteiger partial charge in [0, 0.05) is 65.3 Å². The van der Waals surface area contributed by atoms with Gasteiger partial charge in [-0.3, -0.25) is 0 Å². The number of furan rings is 2. The topological polar surface area (TPSA) is 32.8 Å². The van der Waals surface area contributed by atoms with E-state index in [1.54, 1.807) is 0 Å². The van der Waals surface area contributed by atoms with Crippen molar-refractivity contribution in [3.63, 3.8) is 0 Å². The molecule has 0 aliphatic heterocycles. The van der Waals surface area contributed by atoms with Crippen LogP contribution < -0.4 is 9.80 Å². The molecule has 406 valence electrons. The van der Waals surface area contributed by atoms with E-state index in [-0.39, 0.29) is 10.8 Å². The van der Waals surface area contributed by atoms with Crippen LogP contribution in [0.4, 0.5) is 34.1 Å². The Labute approximate surface area is 498 Å². The summed E-state index contributed by atoms with van der Waals surface area (Å²) < 4.78 is 14.0. The summed E-state index contributed by atoms with van der Waals surface area (Å²) in [5.41, 5.74) is 24.4. The van der Waals surface area contributed by atoms with E-state index < -0.39 is 0 Å². The van der Waals surface area contributed by atoms with Gasteiger partial charge in [0.1, 0.15) is 11.2 Å². The molecule has 0 radical (unpaired) electrons. The van der Waals surface area contributed by atoms with E-state index in [1.807, 2.05) is 0 Å². The van der Waals surface area contributed by atoms with Crippen LogP contribution >= 0.6 is 0 Å². The lowest BCUT2D eigenvalue weighted by Crippen LogP contribution is -2.14. The zero-order valence-corrected chi connectivity index (χ0v) is 48.1. The van der Waals surface area contributed by atoms with Crippen molar-refractivity contribution >= 4 is 110 Å². The molecular formula is C82H56N2O2. The number of rotatable bonds is 8. The van der Waals surface area contributed by atoms with Gasteiger partial charge < -0.3 is 18.6 Å². The van der Waals surface area contributed by atoms with Crippen LogP contribution in [0.3, 0.4) is 0 Å². The zero-order chi connectivity index (χ0) is 57.2. The molecular weight excluding hydrogens is 1040 g/mol. The Morgan fingerprint density at radius 3 is 1.08 bits per heavy atom. The molecule has 0 fully saturated rings. The molecule has 0 spiro atoms. The molecule has 14 aromatic carbocycles. The largest absolute Gasteiger partial charge is 0.454 e. The van der Waals surface area contributed by atoms with Gasteiger partial charge in [-0.25, -0.2) is 0 Å². The van der Waals surface area contributed by atoms with Crippen LogP contribution in [0.15, 0.2) is 276 Å². The molecule has 0 saturated carbocycles. The first kappa shape index (κ1) is 48.8. The van der Waals surface area contributed by atoms with Gasteiger partial charge in [-0.2, -0.15) is 0 Å². The number of benzene rings is 14. The minimum Gasteiger partial charge on any atom is -0.454 e. The first-order valence-electron chi connectivity index (χ1n) is 30.0. The minimum atomic E-state index is -0.146. The summed E-state index contributed by atoms with van der Waals surface area (Å²) in [6.07, 6.45) is 0. The maximum atomic E-state index is 7.00. The van der Waals surface area contributed by atoms with Gasteiger partial charge in [0.25, 0.3) is 0 Å². The minimum absolute atomic E-state index is 0.146.